The molecule has 0 saturated heterocycles. The molecule has 4 heteroatoms. The molecule has 0 saturated carbocycles. The van der Waals surface area contributed by atoms with Crippen LogP contribution in [-0.4, -0.2) is 20.0 Å². The van der Waals surface area contributed by atoms with E-state index in [2.05, 4.69) is 50.4 Å². The minimum atomic E-state index is -0.102. The summed E-state index contributed by atoms with van der Waals surface area (Å²) in [5, 5.41) is 3.55. The second kappa shape index (κ2) is 6.69. The van der Waals surface area contributed by atoms with Crippen molar-refractivity contribution in [1.29, 1.82) is 0 Å². The zero-order valence-electron chi connectivity index (χ0n) is 17.2. The Bertz CT molecular complexity index is 970. The fourth-order valence-corrected chi connectivity index (χ4v) is 4.45. The summed E-state index contributed by atoms with van der Waals surface area (Å²) in [5.74, 6) is 1.48. The molecule has 2 aliphatic rings. The third-order valence-electron chi connectivity index (χ3n) is 5.77. The van der Waals surface area contributed by atoms with E-state index in [-0.39, 0.29) is 17.1 Å². The van der Waals surface area contributed by atoms with Crippen molar-refractivity contribution < 1.29 is 14.3 Å². The van der Waals surface area contributed by atoms with Gasteiger partial charge in [-0.3, -0.25) is 4.79 Å². The van der Waals surface area contributed by atoms with Gasteiger partial charge in [-0.05, 0) is 36.0 Å². The van der Waals surface area contributed by atoms with E-state index in [1.165, 1.54) is 5.56 Å². The lowest BCUT2D eigenvalue weighted by Gasteiger charge is -2.39. The SMILES string of the molecule is COc1cc2c(cc1OC)[C@@H](c1ccc(C)cc1)C1=C(CC(C)(C)CC1=O)N2. The van der Waals surface area contributed by atoms with Crippen LogP contribution in [0.1, 0.15) is 49.3 Å². The van der Waals surface area contributed by atoms with Crippen LogP contribution in [0.3, 0.4) is 0 Å². The molecule has 2 aromatic rings. The average Bonchev–Trinajstić information content (AvgIpc) is 2.65. The highest BCUT2D eigenvalue weighted by molar-refractivity contribution is 6.01. The molecule has 0 bridgehead atoms. The Hall–Kier alpha value is -2.75. The summed E-state index contributed by atoms with van der Waals surface area (Å²) in [6.07, 6.45) is 1.42. The number of benzene rings is 2. The molecule has 1 heterocycles. The highest BCUT2D eigenvalue weighted by Gasteiger charge is 2.41. The largest absolute Gasteiger partial charge is 0.493 e. The number of anilines is 1. The van der Waals surface area contributed by atoms with Crippen molar-refractivity contribution in [2.75, 3.05) is 19.5 Å². The smallest absolute Gasteiger partial charge is 0.162 e. The van der Waals surface area contributed by atoms with Crippen LogP contribution >= 0.6 is 0 Å². The standard InChI is InChI=1S/C24H27NO3/c1-14-6-8-15(9-7-14)22-16-10-20(27-4)21(28-5)11-17(16)25-18-12-24(2,3)13-19(26)23(18)22/h6-11,22,25H,12-13H2,1-5H3/t22-/m1/s1. The predicted octanol–water partition coefficient (Wildman–Crippen LogP) is 5.21. The lowest BCUT2D eigenvalue weighted by atomic mass is 9.68. The highest BCUT2D eigenvalue weighted by Crippen LogP contribution is 2.51. The molecular weight excluding hydrogens is 350 g/mol. The van der Waals surface area contributed by atoms with E-state index in [1.54, 1.807) is 14.2 Å². The van der Waals surface area contributed by atoms with E-state index in [4.69, 9.17) is 9.47 Å². The van der Waals surface area contributed by atoms with E-state index in [1.807, 2.05) is 12.1 Å². The molecule has 1 N–H and O–H groups in total. The van der Waals surface area contributed by atoms with Crippen molar-refractivity contribution in [2.24, 2.45) is 5.41 Å². The van der Waals surface area contributed by atoms with E-state index >= 15 is 0 Å². The number of methoxy groups -OCH3 is 2. The maximum Gasteiger partial charge on any atom is 0.162 e. The Morgan fingerprint density at radius 2 is 1.64 bits per heavy atom. The van der Waals surface area contributed by atoms with Crippen molar-refractivity contribution in [2.45, 2.75) is 39.5 Å². The third-order valence-corrected chi connectivity index (χ3v) is 5.77. The Morgan fingerprint density at radius 3 is 2.29 bits per heavy atom. The number of aryl methyl sites for hydroxylation is 1. The van der Waals surface area contributed by atoms with E-state index in [0.29, 0.717) is 17.9 Å². The number of carbonyl (C=O) groups excluding carboxylic acids is 1. The van der Waals surface area contributed by atoms with E-state index < -0.39 is 0 Å². The van der Waals surface area contributed by atoms with Crippen LogP contribution in [0, 0.1) is 12.3 Å². The first kappa shape index (κ1) is 18.6. The van der Waals surface area contributed by atoms with Crippen LogP contribution in [-0.2, 0) is 4.79 Å². The van der Waals surface area contributed by atoms with Crippen LogP contribution in [0.25, 0.3) is 0 Å². The van der Waals surface area contributed by atoms with Gasteiger partial charge in [0.1, 0.15) is 0 Å². The molecule has 28 heavy (non-hydrogen) atoms. The first-order valence-electron chi connectivity index (χ1n) is 9.69. The Morgan fingerprint density at radius 1 is 1.00 bits per heavy atom. The van der Waals surface area contributed by atoms with Crippen LogP contribution in [0.5, 0.6) is 11.5 Å². The lowest BCUT2D eigenvalue weighted by molar-refractivity contribution is -0.118. The lowest BCUT2D eigenvalue weighted by Crippen LogP contribution is -2.33. The van der Waals surface area contributed by atoms with Crippen LogP contribution in [0.4, 0.5) is 5.69 Å². The van der Waals surface area contributed by atoms with Gasteiger partial charge in [0, 0.05) is 35.4 Å². The maximum absolute atomic E-state index is 13.2. The molecule has 4 nitrogen and oxygen atoms in total. The maximum atomic E-state index is 13.2. The normalized spacial score (nSPS) is 20.2. The molecule has 0 spiro atoms. The molecule has 2 aromatic carbocycles. The molecule has 146 valence electrons. The van der Waals surface area contributed by atoms with Crippen molar-refractivity contribution in [1.82, 2.24) is 0 Å². The quantitative estimate of drug-likeness (QED) is 0.797. The molecule has 4 rings (SSSR count). The second-order valence-corrected chi connectivity index (χ2v) is 8.60. The number of hydrogen-bond acceptors (Lipinski definition) is 4. The number of Topliss-reactive ketones (excluding diaryl/α,β-unsaturated/α-hetero) is 1. The fraction of sp³-hybridized carbons (Fsp3) is 0.375. The minimum absolute atomic E-state index is 0.0468. The first-order valence-corrected chi connectivity index (χ1v) is 9.69. The summed E-state index contributed by atoms with van der Waals surface area (Å²) in [6.45, 7) is 6.38. The van der Waals surface area contributed by atoms with Gasteiger partial charge in [-0.1, -0.05) is 43.7 Å². The van der Waals surface area contributed by atoms with Crippen molar-refractivity contribution >= 4 is 11.5 Å². The first-order chi connectivity index (χ1) is 13.3. The van der Waals surface area contributed by atoms with Crippen LogP contribution in [0.15, 0.2) is 47.7 Å². The number of nitrogens with one attached hydrogen (secondary N) is 1. The van der Waals surface area contributed by atoms with Gasteiger partial charge in [-0.15, -0.1) is 0 Å². The predicted molar refractivity (Wildman–Crippen MR) is 111 cm³/mol. The molecular formula is C24H27NO3. The number of ether oxygens (including phenoxy) is 2. The van der Waals surface area contributed by atoms with Gasteiger partial charge >= 0.3 is 0 Å². The molecule has 1 aliphatic carbocycles. The van der Waals surface area contributed by atoms with E-state index in [9.17, 15) is 4.79 Å². The van der Waals surface area contributed by atoms with Gasteiger partial charge in [-0.2, -0.15) is 0 Å². The molecule has 0 unspecified atom stereocenters. The highest BCUT2D eigenvalue weighted by atomic mass is 16.5. The fourth-order valence-electron chi connectivity index (χ4n) is 4.45. The molecule has 1 aliphatic heterocycles. The molecule has 0 aromatic heterocycles. The van der Waals surface area contributed by atoms with Gasteiger partial charge in [0.25, 0.3) is 0 Å². The van der Waals surface area contributed by atoms with Crippen molar-refractivity contribution in [3.63, 3.8) is 0 Å². The van der Waals surface area contributed by atoms with Gasteiger partial charge in [-0.25, -0.2) is 0 Å². The third kappa shape index (κ3) is 3.07. The molecule has 1 atom stereocenters. The summed E-state index contributed by atoms with van der Waals surface area (Å²) in [5.41, 5.74) is 6.24. The van der Waals surface area contributed by atoms with Crippen molar-refractivity contribution in [3.8, 4) is 11.5 Å². The Kier molecular flexibility index (Phi) is 4.45. The number of allylic oxidation sites excluding steroid dienone is 2. The molecule has 0 amide bonds. The number of ketones is 1. The Balaban J connectivity index is 1.95. The van der Waals surface area contributed by atoms with Crippen LogP contribution in [0.2, 0.25) is 0 Å². The molecule has 0 fully saturated rings. The Labute approximate surface area is 166 Å². The monoisotopic (exact) mass is 377 g/mol. The van der Waals surface area contributed by atoms with Gasteiger partial charge < -0.3 is 14.8 Å². The average molecular weight is 377 g/mol. The number of hydrogen-bond donors (Lipinski definition) is 1. The molecule has 0 radical (unpaired) electrons. The number of rotatable bonds is 3. The van der Waals surface area contributed by atoms with Crippen molar-refractivity contribution in [3.05, 3.63) is 64.4 Å². The summed E-state index contributed by atoms with van der Waals surface area (Å²) < 4.78 is 11.1. The summed E-state index contributed by atoms with van der Waals surface area (Å²) in [7, 11) is 3.28. The zero-order chi connectivity index (χ0) is 20.1. The summed E-state index contributed by atoms with van der Waals surface area (Å²) >= 11 is 0. The minimum Gasteiger partial charge on any atom is -0.493 e. The number of fused-ring (bicyclic) bond motifs is 1. The van der Waals surface area contributed by atoms with E-state index in [0.717, 1.165) is 34.5 Å². The summed E-state index contributed by atoms with van der Waals surface area (Å²) in [6, 6.07) is 12.4. The van der Waals surface area contributed by atoms with Crippen LogP contribution < -0.4 is 14.8 Å². The van der Waals surface area contributed by atoms with Gasteiger partial charge in [0.2, 0.25) is 0 Å². The number of carbonyl (C=O) groups is 1. The zero-order valence-corrected chi connectivity index (χ0v) is 17.2. The second-order valence-electron chi connectivity index (χ2n) is 8.60. The topological polar surface area (TPSA) is 47.6 Å². The van der Waals surface area contributed by atoms with Gasteiger partial charge in [0.05, 0.1) is 14.2 Å². The van der Waals surface area contributed by atoms with Gasteiger partial charge in [0.15, 0.2) is 17.3 Å². The summed E-state index contributed by atoms with van der Waals surface area (Å²) in [4.78, 5) is 13.2.